The first-order valence-corrected chi connectivity index (χ1v) is 8.07. The Morgan fingerprint density at radius 3 is 2.74 bits per heavy atom. The van der Waals surface area contributed by atoms with Crippen LogP contribution in [0.1, 0.15) is 26.7 Å². The van der Waals surface area contributed by atoms with E-state index in [4.69, 9.17) is 5.26 Å². The van der Waals surface area contributed by atoms with Gasteiger partial charge in [-0.05, 0) is 19.8 Å². The largest absolute Gasteiger partial charge is 0.386 e. The third-order valence-corrected chi connectivity index (χ3v) is 4.82. The third kappa shape index (κ3) is 4.91. The van der Waals surface area contributed by atoms with Crippen LogP contribution in [0.2, 0.25) is 0 Å². The predicted octanol–water partition coefficient (Wildman–Crippen LogP) is 0.0853. The molecule has 0 bridgehead atoms. The summed E-state index contributed by atoms with van der Waals surface area (Å²) in [6, 6.07) is 1.59. The highest BCUT2D eigenvalue weighted by Gasteiger charge is 2.27. The number of nitrogens with zero attached hydrogens (tertiary/aromatic N) is 1. The van der Waals surface area contributed by atoms with Crippen LogP contribution in [-0.4, -0.2) is 37.9 Å². The summed E-state index contributed by atoms with van der Waals surface area (Å²) in [4.78, 5) is 11.7. The Morgan fingerprint density at radius 1 is 1.58 bits per heavy atom. The highest BCUT2D eigenvalue weighted by Crippen LogP contribution is 2.11. The number of nitriles is 1. The first kappa shape index (κ1) is 15.5. The smallest absolute Gasteiger partial charge is 0.263 e. The summed E-state index contributed by atoms with van der Waals surface area (Å²) in [5.41, 5.74) is -0.0374. The van der Waals surface area contributed by atoms with Gasteiger partial charge in [0.15, 0.2) is 9.84 Å². The van der Waals surface area contributed by atoms with Crippen molar-refractivity contribution in [1.29, 1.82) is 5.26 Å². The third-order valence-electron chi connectivity index (χ3n) is 3.05. The second-order valence-corrected chi connectivity index (χ2v) is 6.95. The van der Waals surface area contributed by atoms with Crippen molar-refractivity contribution in [2.45, 2.75) is 38.8 Å². The molecule has 1 rings (SSSR count). The van der Waals surface area contributed by atoms with E-state index in [0.29, 0.717) is 6.42 Å². The zero-order valence-corrected chi connectivity index (χ0v) is 12.0. The van der Waals surface area contributed by atoms with Crippen LogP contribution in [0, 0.1) is 11.3 Å². The van der Waals surface area contributed by atoms with E-state index in [1.54, 1.807) is 0 Å². The van der Waals surface area contributed by atoms with Crippen LogP contribution >= 0.6 is 0 Å². The first-order valence-electron chi connectivity index (χ1n) is 6.25. The summed E-state index contributed by atoms with van der Waals surface area (Å²) in [5, 5.41) is 14.4. The lowest BCUT2D eigenvalue weighted by atomic mass is 10.2. The number of rotatable bonds is 5. The van der Waals surface area contributed by atoms with Crippen LogP contribution in [0.4, 0.5) is 0 Å². The monoisotopic (exact) mass is 285 g/mol. The molecule has 0 saturated carbocycles. The van der Waals surface area contributed by atoms with Crippen LogP contribution in [0.3, 0.4) is 0 Å². The van der Waals surface area contributed by atoms with Gasteiger partial charge in [0.05, 0.1) is 11.5 Å². The molecule has 1 aliphatic rings. The summed E-state index contributed by atoms with van der Waals surface area (Å²) in [7, 11) is -2.97. The standard InChI is InChI=1S/C12H19N3O3S/c1-3-9(2)15-12(16)10(6-13)7-14-11-4-5-19(17,18)8-11/h7,9,11,14H,3-5,8H2,1-2H3,(H,15,16)/b10-7-. The maximum Gasteiger partial charge on any atom is 0.263 e. The van der Waals surface area contributed by atoms with Gasteiger partial charge in [-0.25, -0.2) is 8.42 Å². The van der Waals surface area contributed by atoms with Crippen LogP contribution in [0.25, 0.3) is 0 Å². The fraction of sp³-hybridized carbons (Fsp3) is 0.667. The average Bonchev–Trinajstić information content (AvgIpc) is 2.69. The number of carbonyl (C=O) groups excluding carboxylic acids is 1. The van der Waals surface area contributed by atoms with Gasteiger partial charge >= 0.3 is 0 Å². The molecule has 0 aromatic rings. The summed E-state index contributed by atoms with van der Waals surface area (Å²) >= 11 is 0. The molecule has 6 nitrogen and oxygen atoms in total. The Hall–Kier alpha value is -1.55. The second kappa shape index (κ2) is 6.57. The van der Waals surface area contributed by atoms with Gasteiger partial charge in [-0.1, -0.05) is 6.92 Å². The fourth-order valence-corrected chi connectivity index (χ4v) is 3.37. The van der Waals surface area contributed by atoms with E-state index in [1.807, 2.05) is 19.9 Å². The molecule has 0 aromatic carbocycles. The number of hydrogen-bond acceptors (Lipinski definition) is 5. The molecule has 1 fully saturated rings. The van der Waals surface area contributed by atoms with Gasteiger partial charge in [-0.3, -0.25) is 4.79 Å². The second-order valence-electron chi connectivity index (χ2n) is 4.72. The lowest BCUT2D eigenvalue weighted by Gasteiger charge is -2.12. The van der Waals surface area contributed by atoms with Crippen molar-refractivity contribution in [3.8, 4) is 6.07 Å². The molecule has 2 atom stereocenters. The first-order chi connectivity index (χ1) is 8.88. The molecule has 0 aliphatic carbocycles. The van der Waals surface area contributed by atoms with E-state index in [2.05, 4.69) is 10.6 Å². The van der Waals surface area contributed by atoms with Crippen molar-refractivity contribution in [1.82, 2.24) is 10.6 Å². The molecule has 0 aromatic heterocycles. The Morgan fingerprint density at radius 2 is 2.26 bits per heavy atom. The van der Waals surface area contributed by atoms with E-state index in [-0.39, 0.29) is 29.2 Å². The maximum atomic E-state index is 11.7. The SMILES string of the molecule is CCC(C)NC(=O)/C(C#N)=C\NC1CCS(=O)(=O)C1. The maximum absolute atomic E-state index is 11.7. The van der Waals surface area contributed by atoms with Gasteiger partial charge in [-0.15, -0.1) is 0 Å². The van der Waals surface area contributed by atoms with Crippen LogP contribution in [-0.2, 0) is 14.6 Å². The van der Waals surface area contributed by atoms with E-state index in [0.717, 1.165) is 6.42 Å². The highest BCUT2D eigenvalue weighted by atomic mass is 32.2. The molecule has 2 unspecified atom stereocenters. The van der Waals surface area contributed by atoms with Crippen molar-refractivity contribution in [3.63, 3.8) is 0 Å². The van der Waals surface area contributed by atoms with Crippen LogP contribution in [0.5, 0.6) is 0 Å². The molecule has 2 N–H and O–H groups in total. The van der Waals surface area contributed by atoms with Gasteiger partial charge in [0.25, 0.3) is 5.91 Å². The van der Waals surface area contributed by atoms with Gasteiger partial charge in [-0.2, -0.15) is 5.26 Å². The molecule has 0 spiro atoms. The van der Waals surface area contributed by atoms with Crippen molar-refractivity contribution in [2.75, 3.05) is 11.5 Å². The zero-order valence-electron chi connectivity index (χ0n) is 11.1. The Balaban J connectivity index is 2.58. The Labute approximate surface area is 113 Å². The molecule has 1 saturated heterocycles. The van der Waals surface area contributed by atoms with E-state index in [1.165, 1.54) is 6.20 Å². The number of sulfone groups is 1. The topological polar surface area (TPSA) is 99.1 Å². The van der Waals surface area contributed by atoms with Crippen LogP contribution < -0.4 is 10.6 Å². The minimum Gasteiger partial charge on any atom is -0.386 e. The van der Waals surface area contributed by atoms with Crippen molar-refractivity contribution >= 4 is 15.7 Å². The Kier molecular flexibility index (Phi) is 5.36. The predicted molar refractivity (Wildman–Crippen MR) is 71.8 cm³/mol. The number of nitrogens with one attached hydrogen (secondary N) is 2. The van der Waals surface area contributed by atoms with Crippen molar-refractivity contribution < 1.29 is 13.2 Å². The molecular formula is C12H19N3O3S. The summed E-state index contributed by atoms with van der Waals surface area (Å²) in [6.45, 7) is 3.78. The molecular weight excluding hydrogens is 266 g/mol. The van der Waals surface area contributed by atoms with E-state index >= 15 is 0 Å². The Bertz CT molecular complexity index is 505. The average molecular weight is 285 g/mol. The lowest BCUT2D eigenvalue weighted by molar-refractivity contribution is -0.117. The van der Waals surface area contributed by atoms with Crippen molar-refractivity contribution in [3.05, 3.63) is 11.8 Å². The van der Waals surface area contributed by atoms with E-state index < -0.39 is 15.7 Å². The molecule has 19 heavy (non-hydrogen) atoms. The van der Waals surface area contributed by atoms with Crippen LogP contribution in [0.15, 0.2) is 11.8 Å². The minimum atomic E-state index is -2.97. The molecule has 7 heteroatoms. The summed E-state index contributed by atoms with van der Waals surface area (Å²) in [5.74, 6) is -0.237. The quantitative estimate of drug-likeness (QED) is 0.551. The van der Waals surface area contributed by atoms with Gasteiger partial charge < -0.3 is 10.6 Å². The zero-order chi connectivity index (χ0) is 14.5. The molecule has 1 amide bonds. The lowest BCUT2D eigenvalue weighted by Crippen LogP contribution is -2.34. The van der Waals surface area contributed by atoms with Crippen molar-refractivity contribution in [2.24, 2.45) is 0 Å². The van der Waals surface area contributed by atoms with Gasteiger partial charge in [0.2, 0.25) is 0 Å². The normalized spacial score (nSPS) is 23.4. The highest BCUT2D eigenvalue weighted by molar-refractivity contribution is 7.91. The number of carbonyl (C=O) groups is 1. The van der Waals surface area contributed by atoms with Gasteiger partial charge in [0, 0.05) is 18.3 Å². The fourth-order valence-electron chi connectivity index (χ4n) is 1.68. The summed E-state index contributed by atoms with van der Waals surface area (Å²) < 4.78 is 22.5. The molecule has 1 heterocycles. The summed E-state index contributed by atoms with van der Waals surface area (Å²) in [6.07, 6.45) is 2.59. The minimum absolute atomic E-state index is 0.00360. The number of hydrogen-bond donors (Lipinski definition) is 2. The van der Waals surface area contributed by atoms with E-state index in [9.17, 15) is 13.2 Å². The molecule has 106 valence electrons. The number of amides is 1. The molecule has 0 radical (unpaired) electrons. The van der Waals surface area contributed by atoms with Gasteiger partial charge in [0.1, 0.15) is 11.6 Å². The molecule has 1 aliphatic heterocycles.